The maximum Gasteiger partial charge on any atom is 0.120 e. The van der Waals surface area contributed by atoms with Crippen LogP contribution >= 0.6 is 23.4 Å². The number of benzene rings is 3. The van der Waals surface area contributed by atoms with Gasteiger partial charge in [-0.3, -0.25) is 0 Å². The Kier molecular flexibility index (Phi) is 5.11. The van der Waals surface area contributed by atoms with Crippen molar-refractivity contribution in [3.05, 3.63) is 83.4 Å². The van der Waals surface area contributed by atoms with Crippen molar-refractivity contribution < 1.29 is 4.74 Å². The predicted molar refractivity (Wildman–Crippen MR) is 97.2 cm³/mol. The Morgan fingerprint density at radius 3 is 2.43 bits per heavy atom. The second-order valence-corrected chi connectivity index (χ2v) is 6.59. The van der Waals surface area contributed by atoms with Gasteiger partial charge in [-0.15, -0.1) is 0 Å². The van der Waals surface area contributed by atoms with Crippen LogP contribution in [0.4, 0.5) is 5.69 Å². The molecule has 2 N–H and O–H groups in total. The van der Waals surface area contributed by atoms with Crippen LogP contribution in [0.25, 0.3) is 0 Å². The molecule has 0 amide bonds. The lowest BCUT2D eigenvalue weighted by Crippen LogP contribution is -1.94. The molecule has 4 heteroatoms. The molecule has 0 radical (unpaired) electrons. The van der Waals surface area contributed by atoms with Crippen molar-refractivity contribution in [3.63, 3.8) is 0 Å². The smallest absolute Gasteiger partial charge is 0.120 e. The van der Waals surface area contributed by atoms with Gasteiger partial charge >= 0.3 is 0 Å². The topological polar surface area (TPSA) is 35.2 Å². The van der Waals surface area contributed by atoms with E-state index in [1.165, 1.54) is 0 Å². The molecular formula is C19H16ClNOS. The van der Waals surface area contributed by atoms with E-state index in [0.717, 1.165) is 21.1 Å². The third-order valence-corrected chi connectivity index (χ3v) is 4.57. The second-order valence-electron chi connectivity index (χ2n) is 5.03. The highest BCUT2D eigenvalue weighted by Gasteiger charge is 2.03. The van der Waals surface area contributed by atoms with Gasteiger partial charge in [0.05, 0.1) is 10.7 Å². The highest BCUT2D eigenvalue weighted by atomic mass is 35.5. The van der Waals surface area contributed by atoms with Gasteiger partial charge in [-0.1, -0.05) is 59.8 Å². The van der Waals surface area contributed by atoms with Crippen LogP contribution in [0.5, 0.6) is 5.75 Å². The highest BCUT2D eigenvalue weighted by molar-refractivity contribution is 7.99. The lowest BCUT2D eigenvalue weighted by Gasteiger charge is -2.08. The molecule has 0 heterocycles. The lowest BCUT2D eigenvalue weighted by atomic mass is 10.2. The van der Waals surface area contributed by atoms with E-state index in [-0.39, 0.29) is 0 Å². The number of ether oxygens (including phenoxy) is 1. The van der Waals surface area contributed by atoms with E-state index >= 15 is 0 Å². The minimum atomic E-state index is 0.558. The van der Waals surface area contributed by atoms with Gasteiger partial charge in [-0.2, -0.15) is 0 Å². The third-order valence-electron chi connectivity index (χ3n) is 3.26. The van der Waals surface area contributed by atoms with Crippen molar-refractivity contribution in [2.75, 3.05) is 5.73 Å². The number of hydrogen-bond acceptors (Lipinski definition) is 3. The van der Waals surface area contributed by atoms with Gasteiger partial charge in [0.25, 0.3) is 0 Å². The average Bonchev–Trinajstić information content (AvgIpc) is 2.58. The summed E-state index contributed by atoms with van der Waals surface area (Å²) in [4.78, 5) is 2.14. The number of hydrogen-bond donors (Lipinski definition) is 1. The van der Waals surface area contributed by atoms with Crippen LogP contribution < -0.4 is 10.5 Å². The normalized spacial score (nSPS) is 10.5. The summed E-state index contributed by atoms with van der Waals surface area (Å²) >= 11 is 7.69. The van der Waals surface area contributed by atoms with E-state index in [1.54, 1.807) is 11.8 Å². The van der Waals surface area contributed by atoms with Gasteiger partial charge in [0, 0.05) is 9.79 Å². The second kappa shape index (κ2) is 7.44. The molecule has 0 aliphatic rings. The highest BCUT2D eigenvalue weighted by Crippen LogP contribution is 2.33. The Labute approximate surface area is 145 Å². The molecule has 23 heavy (non-hydrogen) atoms. The molecule has 0 saturated carbocycles. The van der Waals surface area contributed by atoms with Crippen LogP contribution in [-0.2, 0) is 6.61 Å². The number of nitrogens with two attached hydrogens (primary N) is 1. The fourth-order valence-corrected chi connectivity index (χ4v) is 3.23. The minimum absolute atomic E-state index is 0.558. The summed E-state index contributed by atoms with van der Waals surface area (Å²) in [5, 5.41) is 0.575. The summed E-state index contributed by atoms with van der Waals surface area (Å²) in [6.45, 7) is 0.558. The first-order valence-electron chi connectivity index (χ1n) is 7.20. The molecule has 0 spiro atoms. The van der Waals surface area contributed by atoms with Crippen LogP contribution in [0.2, 0.25) is 5.02 Å². The molecule has 0 aliphatic heterocycles. The van der Waals surface area contributed by atoms with Crippen molar-refractivity contribution >= 4 is 29.1 Å². The van der Waals surface area contributed by atoms with Crippen LogP contribution in [0.15, 0.2) is 82.6 Å². The van der Waals surface area contributed by atoms with E-state index in [2.05, 4.69) is 12.1 Å². The van der Waals surface area contributed by atoms with Gasteiger partial charge in [0.15, 0.2) is 0 Å². The first-order chi connectivity index (χ1) is 11.2. The molecule has 0 fully saturated rings. The summed E-state index contributed by atoms with van der Waals surface area (Å²) in [6, 6.07) is 23.8. The fourth-order valence-electron chi connectivity index (χ4n) is 2.08. The molecule has 0 aliphatic carbocycles. The SMILES string of the molecule is Nc1ccc(Sc2cccc(OCc3ccccc3)c2)cc1Cl. The van der Waals surface area contributed by atoms with Crippen molar-refractivity contribution in [1.29, 1.82) is 0 Å². The monoisotopic (exact) mass is 341 g/mol. The zero-order valence-corrected chi connectivity index (χ0v) is 14.0. The Morgan fingerprint density at radius 2 is 1.65 bits per heavy atom. The Balaban J connectivity index is 1.68. The summed E-state index contributed by atoms with van der Waals surface area (Å²) in [5.41, 5.74) is 7.48. The van der Waals surface area contributed by atoms with E-state index in [1.807, 2.05) is 60.7 Å². The van der Waals surface area contributed by atoms with Crippen LogP contribution in [-0.4, -0.2) is 0 Å². The molecule has 0 bridgehead atoms. The van der Waals surface area contributed by atoms with E-state index < -0.39 is 0 Å². The summed E-state index contributed by atoms with van der Waals surface area (Å²) in [6.07, 6.45) is 0. The lowest BCUT2D eigenvalue weighted by molar-refractivity contribution is 0.305. The molecule has 3 rings (SSSR count). The zero-order chi connectivity index (χ0) is 16.1. The molecule has 3 aromatic rings. The van der Waals surface area contributed by atoms with Gasteiger partial charge in [-0.05, 0) is 42.0 Å². The van der Waals surface area contributed by atoms with E-state index in [4.69, 9.17) is 22.1 Å². The number of nitrogen functional groups attached to an aromatic ring is 1. The molecule has 3 aromatic carbocycles. The standard InChI is InChI=1S/C19H16ClNOS/c20-18-12-17(9-10-19(18)21)23-16-8-4-7-15(11-16)22-13-14-5-2-1-3-6-14/h1-12H,13,21H2. The van der Waals surface area contributed by atoms with Crippen LogP contribution in [0.3, 0.4) is 0 Å². The summed E-state index contributed by atoms with van der Waals surface area (Å²) in [7, 11) is 0. The van der Waals surface area contributed by atoms with Gasteiger partial charge in [0.2, 0.25) is 0 Å². The Hall–Kier alpha value is -2.10. The molecule has 0 atom stereocenters. The van der Waals surface area contributed by atoms with E-state index in [9.17, 15) is 0 Å². The van der Waals surface area contributed by atoms with Crippen molar-refractivity contribution in [3.8, 4) is 5.75 Å². The summed E-state index contributed by atoms with van der Waals surface area (Å²) < 4.78 is 5.85. The third kappa shape index (κ3) is 4.44. The zero-order valence-electron chi connectivity index (χ0n) is 12.4. The predicted octanol–water partition coefficient (Wildman–Crippen LogP) is 5.65. The Morgan fingerprint density at radius 1 is 0.870 bits per heavy atom. The molecule has 0 aromatic heterocycles. The molecule has 116 valence electrons. The fraction of sp³-hybridized carbons (Fsp3) is 0.0526. The number of rotatable bonds is 5. The molecule has 0 unspecified atom stereocenters. The van der Waals surface area contributed by atoms with Crippen LogP contribution in [0.1, 0.15) is 5.56 Å². The van der Waals surface area contributed by atoms with Crippen molar-refractivity contribution in [2.45, 2.75) is 16.4 Å². The maximum absolute atomic E-state index is 6.07. The van der Waals surface area contributed by atoms with E-state index in [0.29, 0.717) is 17.3 Å². The first kappa shape index (κ1) is 15.8. The van der Waals surface area contributed by atoms with Gasteiger partial charge in [-0.25, -0.2) is 0 Å². The molecule has 2 nitrogen and oxygen atoms in total. The minimum Gasteiger partial charge on any atom is -0.489 e. The van der Waals surface area contributed by atoms with Gasteiger partial charge < -0.3 is 10.5 Å². The largest absolute Gasteiger partial charge is 0.489 e. The average molecular weight is 342 g/mol. The first-order valence-corrected chi connectivity index (χ1v) is 8.40. The van der Waals surface area contributed by atoms with Crippen molar-refractivity contribution in [1.82, 2.24) is 0 Å². The number of halogens is 1. The Bertz CT molecular complexity index is 792. The van der Waals surface area contributed by atoms with Crippen molar-refractivity contribution in [2.24, 2.45) is 0 Å². The number of anilines is 1. The molecular weight excluding hydrogens is 326 g/mol. The molecule has 0 saturated heterocycles. The van der Waals surface area contributed by atoms with Crippen LogP contribution in [0, 0.1) is 0 Å². The maximum atomic E-state index is 6.07. The van der Waals surface area contributed by atoms with Gasteiger partial charge in [0.1, 0.15) is 12.4 Å². The summed E-state index contributed by atoms with van der Waals surface area (Å²) in [5.74, 6) is 0.848. The quantitative estimate of drug-likeness (QED) is 0.609.